The highest BCUT2D eigenvalue weighted by atomic mass is 28.3. The Balaban J connectivity index is 1.82. The van der Waals surface area contributed by atoms with Crippen LogP contribution in [0.1, 0.15) is 32.4 Å². The first kappa shape index (κ1) is 22.0. The Labute approximate surface area is 170 Å². The molecule has 0 saturated carbocycles. The van der Waals surface area contributed by atoms with Crippen LogP contribution in [0.4, 0.5) is 10.2 Å². The van der Waals surface area contributed by atoms with Gasteiger partial charge in [0, 0.05) is 6.17 Å². The van der Waals surface area contributed by atoms with Gasteiger partial charge in [-0.3, -0.25) is 4.57 Å². The molecule has 0 radical (unpaired) electrons. The number of anilines is 1. The second kappa shape index (κ2) is 9.00. The number of aromatic nitrogens is 4. The topological polar surface area (TPSA) is 126 Å². The number of unbranched alkanes of at least 4 members (excludes halogenated alkanes) is 2. The third-order valence-corrected chi connectivity index (χ3v) is 8.22. The number of aliphatic hydroxyl groups excluding tert-OH is 3. The molecule has 162 valence electrons. The summed E-state index contributed by atoms with van der Waals surface area (Å²) in [6.07, 6.45) is 0.207. The molecular weight excluding hydrogens is 397 g/mol. The van der Waals surface area contributed by atoms with E-state index >= 15 is 0 Å². The molecule has 4 N–H and O–H groups in total. The Morgan fingerprint density at radius 2 is 2.00 bits per heavy atom. The molecule has 2 aromatic heterocycles. The monoisotopic (exact) mass is 427 g/mol. The Hall–Kier alpha value is -1.66. The van der Waals surface area contributed by atoms with E-state index in [-0.39, 0.29) is 5.65 Å². The molecule has 9 nitrogen and oxygen atoms in total. The number of nitrogens with one attached hydrogen (secondary N) is 1. The Morgan fingerprint density at radius 3 is 2.66 bits per heavy atom. The summed E-state index contributed by atoms with van der Waals surface area (Å²) in [5, 5.41) is 32.8. The van der Waals surface area contributed by atoms with E-state index < -0.39 is 45.3 Å². The quantitative estimate of drug-likeness (QED) is 0.269. The molecule has 0 bridgehead atoms. The zero-order chi connectivity index (χ0) is 21.2. The standard InChI is InChI=1S/C18H30FN5O4Si/c1-4-5-6-7-29(2,3)10-21-15-12-16(23-18(19)22-15)24(9-20-12)17-14(27)13(26)11(8-25)28-17/h9,11,13-14,17,25-27H,4-8,10H2,1-3H3,(H,21,22,23). The average Bonchev–Trinajstić information content (AvgIpc) is 3.21. The molecule has 4 atom stereocenters. The van der Waals surface area contributed by atoms with Gasteiger partial charge in [-0.05, 0) is 0 Å². The van der Waals surface area contributed by atoms with Gasteiger partial charge in [0.05, 0.1) is 21.0 Å². The van der Waals surface area contributed by atoms with Gasteiger partial charge in [0.25, 0.3) is 0 Å². The number of imidazole rings is 1. The molecular formula is C18H30FN5O4Si. The van der Waals surface area contributed by atoms with Crippen LogP contribution >= 0.6 is 0 Å². The molecule has 0 aliphatic carbocycles. The van der Waals surface area contributed by atoms with Crippen LogP contribution in [0.15, 0.2) is 6.33 Å². The second-order valence-electron chi connectivity index (χ2n) is 8.37. The van der Waals surface area contributed by atoms with Gasteiger partial charge in [-0.15, -0.1) is 0 Å². The fourth-order valence-corrected chi connectivity index (χ4v) is 5.60. The minimum atomic E-state index is -1.54. The molecule has 1 fully saturated rings. The van der Waals surface area contributed by atoms with E-state index in [2.05, 4.69) is 40.3 Å². The third kappa shape index (κ3) is 4.74. The lowest BCUT2D eigenvalue weighted by molar-refractivity contribution is -0.0511. The minimum Gasteiger partial charge on any atom is -0.394 e. The highest BCUT2D eigenvalue weighted by molar-refractivity contribution is 6.78. The molecule has 0 amide bonds. The van der Waals surface area contributed by atoms with Crippen molar-refractivity contribution < 1.29 is 24.4 Å². The smallest absolute Gasteiger partial charge is 0.312 e. The van der Waals surface area contributed by atoms with E-state index in [1.54, 1.807) is 0 Å². The SMILES string of the molecule is CCCCC[Si](C)(C)CNc1nc(F)nc2c1ncn2C1OC(CO)C(O)C1O. The van der Waals surface area contributed by atoms with E-state index in [9.17, 15) is 19.7 Å². The van der Waals surface area contributed by atoms with Gasteiger partial charge in [-0.25, -0.2) is 4.98 Å². The number of ether oxygens (including phenoxy) is 1. The Morgan fingerprint density at radius 1 is 1.24 bits per heavy atom. The summed E-state index contributed by atoms with van der Waals surface area (Å²) >= 11 is 0. The third-order valence-electron chi connectivity index (χ3n) is 5.38. The van der Waals surface area contributed by atoms with Crippen molar-refractivity contribution in [2.24, 2.45) is 0 Å². The highest BCUT2D eigenvalue weighted by Crippen LogP contribution is 2.32. The summed E-state index contributed by atoms with van der Waals surface area (Å²) < 4.78 is 21.0. The molecule has 0 spiro atoms. The summed E-state index contributed by atoms with van der Waals surface area (Å²) in [5.74, 6) is 0.300. The molecule has 11 heteroatoms. The number of nitrogens with zero attached hydrogens (tertiary/aromatic N) is 4. The summed E-state index contributed by atoms with van der Waals surface area (Å²) in [7, 11) is -1.54. The highest BCUT2D eigenvalue weighted by Gasteiger charge is 2.44. The number of fused-ring (bicyclic) bond motifs is 1. The molecule has 2 aromatic rings. The average molecular weight is 428 g/mol. The first-order valence-electron chi connectivity index (χ1n) is 10.0. The van der Waals surface area contributed by atoms with E-state index in [1.165, 1.54) is 36.2 Å². The van der Waals surface area contributed by atoms with Gasteiger partial charge < -0.3 is 25.4 Å². The fourth-order valence-electron chi connectivity index (χ4n) is 3.57. The van der Waals surface area contributed by atoms with Gasteiger partial charge in [-0.1, -0.05) is 45.3 Å². The molecule has 0 aromatic carbocycles. The van der Waals surface area contributed by atoms with Crippen LogP contribution in [-0.4, -0.2) is 74.0 Å². The van der Waals surface area contributed by atoms with Gasteiger partial charge in [-0.2, -0.15) is 14.4 Å². The van der Waals surface area contributed by atoms with E-state index in [0.29, 0.717) is 11.3 Å². The maximum absolute atomic E-state index is 14.1. The Kier molecular flexibility index (Phi) is 6.84. The minimum absolute atomic E-state index is 0.153. The first-order valence-corrected chi connectivity index (χ1v) is 13.4. The maximum atomic E-state index is 14.1. The molecule has 3 heterocycles. The zero-order valence-electron chi connectivity index (χ0n) is 17.0. The Bertz CT molecular complexity index is 836. The molecule has 1 aliphatic heterocycles. The zero-order valence-corrected chi connectivity index (χ0v) is 18.0. The summed E-state index contributed by atoms with van der Waals surface area (Å²) in [4.78, 5) is 12.0. The van der Waals surface area contributed by atoms with Crippen LogP contribution in [0.2, 0.25) is 19.1 Å². The van der Waals surface area contributed by atoms with Gasteiger partial charge in [0.15, 0.2) is 23.2 Å². The molecule has 1 saturated heterocycles. The largest absolute Gasteiger partial charge is 0.394 e. The number of hydrogen-bond donors (Lipinski definition) is 4. The fraction of sp³-hybridized carbons (Fsp3) is 0.722. The molecule has 4 unspecified atom stereocenters. The van der Waals surface area contributed by atoms with Crippen LogP contribution in [0.25, 0.3) is 11.2 Å². The van der Waals surface area contributed by atoms with Crippen LogP contribution in [0.3, 0.4) is 0 Å². The predicted molar refractivity (Wildman–Crippen MR) is 109 cm³/mol. The molecule has 1 aliphatic rings. The number of halogens is 1. The summed E-state index contributed by atoms with van der Waals surface area (Å²) in [5.41, 5.74) is 0.516. The normalized spacial score (nSPS) is 25.1. The van der Waals surface area contributed by atoms with E-state index in [4.69, 9.17) is 4.74 Å². The lowest BCUT2D eigenvalue weighted by Crippen LogP contribution is -2.35. The summed E-state index contributed by atoms with van der Waals surface area (Å²) in [6, 6.07) is 1.17. The van der Waals surface area contributed by atoms with Crippen molar-refractivity contribution in [1.82, 2.24) is 19.5 Å². The van der Waals surface area contributed by atoms with Crippen molar-refractivity contribution in [3.8, 4) is 0 Å². The van der Waals surface area contributed by atoms with Crippen LogP contribution in [0.5, 0.6) is 0 Å². The lowest BCUT2D eigenvalue weighted by Gasteiger charge is -2.23. The van der Waals surface area contributed by atoms with Gasteiger partial charge >= 0.3 is 6.08 Å². The van der Waals surface area contributed by atoms with E-state index in [1.807, 2.05) is 0 Å². The van der Waals surface area contributed by atoms with Crippen molar-refractivity contribution in [3.05, 3.63) is 12.4 Å². The predicted octanol–water partition coefficient (Wildman–Crippen LogP) is 1.43. The van der Waals surface area contributed by atoms with Crippen molar-refractivity contribution in [1.29, 1.82) is 0 Å². The number of hydrogen-bond acceptors (Lipinski definition) is 8. The van der Waals surface area contributed by atoms with Crippen molar-refractivity contribution in [2.45, 2.75) is 69.9 Å². The number of rotatable bonds is 9. The van der Waals surface area contributed by atoms with Crippen LogP contribution < -0.4 is 5.32 Å². The van der Waals surface area contributed by atoms with Crippen molar-refractivity contribution >= 4 is 25.1 Å². The van der Waals surface area contributed by atoms with Crippen molar-refractivity contribution in [3.63, 3.8) is 0 Å². The van der Waals surface area contributed by atoms with E-state index in [0.717, 1.165) is 6.17 Å². The second-order valence-corrected chi connectivity index (χ2v) is 13.6. The summed E-state index contributed by atoms with van der Waals surface area (Å²) in [6.45, 7) is 6.29. The van der Waals surface area contributed by atoms with Crippen LogP contribution in [-0.2, 0) is 4.74 Å². The van der Waals surface area contributed by atoms with Crippen LogP contribution in [0, 0.1) is 6.08 Å². The lowest BCUT2D eigenvalue weighted by atomic mass is 10.1. The van der Waals surface area contributed by atoms with Gasteiger partial charge in [0.1, 0.15) is 18.3 Å². The van der Waals surface area contributed by atoms with Gasteiger partial charge in [0.2, 0.25) is 0 Å². The molecule has 29 heavy (non-hydrogen) atoms. The maximum Gasteiger partial charge on any atom is 0.312 e. The number of aliphatic hydroxyl groups is 3. The van der Waals surface area contributed by atoms with Crippen molar-refractivity contribution in [2.75, 3.05) is 18.1 Å². The molecule has 3 rings (SSSR count). The first-order chi connectivity index (χ1) is 13.8.